The van der Waals surface area contributed by atoms with Gasteiger partial charge in [-0.1, -0.05) is 31.2 Å². The van der Waals surface area contributed by atoms with Gasteiger partial charge in [0.15, 0.2) is 0 Å². The first-order valence-electron chi connectivity index (χ1n) is 8.11. The van der Waals surface area contributed by atoms with Crippen LogP contribution in [0.2, 0.25) is 0 Å². The average Bonchev–Trinajstić information content (AvgIpc) is 2.92. The average molecular weight is 338 g/mol. The van der Waals surface area contributed by atoms with Gasteiger partial charge in [-0.05, 0) is 43.2 Å². The van der Waals surface area contributed by atoms with Crippen molar-refractivity contribution in [1.29, 1.82) is 0 Å². The normalized spacial score (nSPS) is 11.7. The third-order valence-corrected chi connectivity index (χ3v) is 3.98. The van der Waals surface area contributed by atoms with Crippen LogP contribution in [0, 0.1) is 12.7 Å². The Hall–Kier alpha value is -3.02. The predicted molar refractivity (Wildman–Crippen MR) is 95.8 cm³/mol. The van der Waals surface area contributed by atoms with Gasteiger partial charge in [-0.2, -0.15) is 5.10 Å². The zero-order valence-corrected chi connectivity index (χ0v) is 14.2. The van der Waals surface area contributed by atoms with E-state index in [1.807, 2.05) is 42.7 Å². The number of benzene rings is 2. The molecule has 0 fully saturated rings. The first-order valence-corrected chi connectivity index (χ1v) is 8.11. The summed E-state index contributed by atoms with van der Waals surface area (Å²) in [4.78, 5) is 16.7. The monoisotopic (exact) mass is 338 g/mol. The number of para-hydroxylation sites is 2. The molecular formula is C19H19FN4O. The highest BCUT2D eigenvalue weighted by molar-refractivity contribution is 6.00. The Balaban J connectivity index is 1.75. The second kappa shape index (κ2) is 7.25. The number of nitrogens with one attached hydrogen (secondary N) is 1. The molecule has 0 unspecified atom stereocenters. The van der Waals surface area contributed by atoms with Crippen LogP contribution >= 0.6 is 0 Å². The highest BCUT2D eigenvalue weighted by Gasteiger charge is 2.10. The molecule has 0 atom stereocenters. The first kappa shape index (κ1) is 16.8. The van der Waals surface area contributed by atoms with Crippen LogP contribution < -0.4 is 5.43 Å². The quantitative estimate of drug-likeness (QED) is 0.572. The number of hydrogen-bond acceptors (Lipinski definition) is 3. The summed E-state index contributed by atoms with van der Waals surface area (Å²) >= 11 is 0. The molecule has 0 aliphatic heterocycles. The van der Waals surface area contributed by atoms with Crippen LogP contribution in [-0.2, 0) is 11.3 Å². The van der Waals surface area contributed by atoms with E-state index in [9.17, 15) is 9.18 Å². The molecule has 0 saturated heterocycles. The summed E-state index contributed by atoms with van der Waals surface area (Å²) in [5.41, 5.74) is 5.83. The van der Waals surface area contributed by atoms with Gasteiger partial charge in [0, 0.05) is 0 Å². The summed E-state index contributed by atoms with van der Waals surface area (Å²) in [5.74, 6) is 0.236. The Kier molecular flexibility index (Phi) is 4.88. The molecule has 1 aromatic heterocycles. The molecule has 2 aromatic carbocycles. The number of carbonyl (C=O) groups excluding carboxylic acids is 1. The number of hydrogen-bond donors (Lipinski definition) is 1. The van der Waals surface area contributed by atoms with E-state index < -0.39 is 0 Å². The molecule has 0 aliphatic carbocycles. The van der Waals surface area contributed by atoms with E-state index in [-0.39, 0.29) is 18.3 Å². The first-order chi connectivity index (χ1) is 12.1. The SMILES string of the molecule is CC/C(=N\NC(=O)Cn1c(C)nc2ccccc21)c1ccc(F)cc1. The van der Waals surface area contributed by atoms with Crippen molar-refractivity contribution >= 4 is 22.7 Å². The van der Waals surface area contributed by atoms with Crippen molar-refractivity contribution < 1.29 is 9.18 Å². The number of halogens is 1. The molecule has 3 rings (SSSR count). The molecule has 0 spiro atoms. The molecule has 0 aliphatic rings. The van der Waals surface area contributed by atoms with Gasteiger partial charge in [-0.3, -0.25) is 4.79 Å². The zero-order valence-electron chi connectivity index (χ0n) is 14.2. The van der Waals surface area contributed by atoms with Gasteiger partial charge < -0.3 is 4.57 Å². The van der Waals surface area contributed by atoms with E-state index in [2.05, 4.69) is 15.5 Å². The molecule has 128 valence electrons. The fourth-order valence-corrected chi connectivity index (χ4v) is 2.69. The molecule has 0 bridgehead atoms. The number of aromatic nitrogens is 2. The molecule has 1 N–H and O–H groups in total. The maximum atomic E-state index is 13.0. The van der Waals surface area contributed by atoms with Crippen molar-refractivity contribution in [3.63, 3.8) is 0 Å². The summed E-state index contributed by atoms with van der Waals surface area (Å²) in [6.07, 6.45) is 0.624. The third-order valence-electron chi connectivity index (χ3n) is 3.98. The molecule has 1 amide bonds. The molecular weight excluding hydrogens is 319 g/mol. The topological polar surface area (TPSA) is 59.3 Å². The Labute approximate surface area is 145 Å². The van der Waals surface area contributed by atoms with Crippen molar-refractivity contribution in [1.82, 2.24) is 15.0 Å². The zero-order chi connectivity index (χ0) is 17.8. The molecule has 3 aromatic rings. The maximum absolute atomic E-state index is 13.0. The molecule has 6 heteroatoms. The largest absolute Gasteiger partial charge is 0.319 e. The maximum Gasteiger partial charge on any atom is 0.260 e. The standard InChI is InChI=1S/C19H19FN4O/c1-3-16(14-8-10-15(20)11-9-14)22-23-19(25)12-24-13(2)21-17-6-4-5-7-18(17)24/h4-11H,3,12H2,1-2H3,(H,23,25)/b22-16+. The van der Waals surface area contributed by atoms with Crippen LogP contribution in [0.1, 0.15) is 24.7 Å². The minimum absolute atomic E-state index is 0.135. The number of fused-ring (bicyclic) bond motifs is 1. The Morgan fingerprint density at radius 1 is 1.20 bits per heavy atom. The lowest BCUT2D eigenvalue weighted by Gasteiger charge is -2.08. The Morgan fingerprint density at radius 2 is 1.92 bits per heavy atom. The molecule has 5 nitrogen and oxygen atoms in total. The van der Waals surface area contributed by atoms with Gasteiger partial charge >= 0.3 is 0 Å². The van der Waals surface area contributed by atoms with Crippen LogP contribution in [0.25, 0.3) is 11.0 Å². The van der Waals surface area contributed by atoms with E-state index in [0.717, 1.165) is 22.4 Å². The highest BCUT2D eigenvalue weighted by Crippen LogP contribution is 2.15. The number of hydrazone groups is 1. The van der Waals surface area contributed by atoms with Crippen molar-refractivity contribution in [2.75, 3.05) is 0 Å². The number of imidazole rings is 1. The molecule has 0 radical (unpaired) electrons. The van der Waals surface area contributed by atoms with Gasteiger partial charge in [0.25, 0.3) is 5.91 Å². The number of rotatable bonds is 5. The lowest BCUT2D eigenvalue weighted by atomic mass is 10.1. The second-order valence-electron chi connectivity index (χ2n) is 5.69. The summed E-state index contributed by atoms with van der Waals surface area (Å²) in [7, 11) is 0. The number of nitrogens with zero attached hydrogens (tertiary/aromatic N) is 3. The third kappa shape index (κ3) is 3.74. The van der Waals surface area contributed by atoms with E-state index in [1.165, 1.54) is 12.1 Å². The summed E-state index contributed by atoms with van der Waals surface area (Å²) in [5, 5.41) is 4.19. The Morgan fingerprint density at radius 3 is 2.64 bits per heavy atom. The molecule has 25 heavy (non-hydrogen) atoms. The van der Waals surface area contributed by atoms with Gasteiger partial charge in [0.2, 0.25) is 0 Å². The van der Waals surface area contributed by atoms with Crippen molar-refractivity contribution in [2.24, 2.45) is 5.10 Å². The van der Waals surface area contributed by atoms with E-state index in [0.29, 0.717) is 12.1 Å². The second-order valence-corrected chi connectivity index (χ2v) is 5.69. The van der Waals surface area contributed by atoms with Crippen LogP contribution in [-0.4, -0.2) is 21.2 Å². The van der Waals surface area contributed by atoms with E-state index in [4.69, 9.17) is 0 Å². The van der Waals surface area contributed by atoms with Crippen molar-refractivity contribution in [2.45, 2.75) is 26.8 Å². The van der Waals surface area contributed by atoms with Gasteiger partial charge in [-0.25, -0.2) is 14.8 Å². The minimum Gasteiger partial charge on any atom is -0.319 e. The van der Waals surface area contributed by atoms with Crippen molar-refractivity contribution in [3.8, 4) is 0 Å². The van der Waals surface area contributed by atoms with Crippen LogP contribution in [0.3, 0.4) is 0 Å². The smallest absolute Gasteiger partial charge is 0.260 e. The fraction of sp³-hybridized carbons (Fsp3) is 0.211. The van der Waals surface area contributed by atoms with Crippen LogP contribution in [0.15, 0.2) is 53.6 Å². The van der Waals surface area contributed by atoms with Gasteiger partial charge in [0.1, 0.15) is 18.2 Å². The van der Waals surface area contributed by atoms with Gasteiger partial charge in [0.05, 0.1) is 16.7 Å². The van der Waals surface area contributed by atoms with Crippen LogP contribution in [0.5, 0.6) is 0 Å². The summed E-state index contributed by atoms with van der Waals surface area (Å²) in [6.45, 7) is 3.94. The Bertz CT molecular complexity index is 928. The summed E-state index contributed by atoms with van der Waals surface area (Å²) in [6, 6.07) is 13.7. The van der Waals surface area contributed by atoms with Gasteiger partial charge in [-0.15, -0.1) is 0 Å². The van der Waals surface area contributed by atoms with Crippen molar-refractivity contribution in [3.05, 3.63) is 65.7 Å². The predicted octanol–water partition coefficient (Wildman–Crippen LogP) is 3.41. The number of aryl methyl sites for hydroxylation is 1. The minimum atomic E-state index is -0.300. The van der Waals surface area contributed by atoms with E-state index in [1.54, 1.807) is 12.1 Å². The lowest BCUT2D eigenvalue weighted by Crippen LogP contribution is -2.25. The van der Waals surface area contributed by atoms with Crippen LogP contribution in [0.4, 0.5) is 4.39 Å². The fourth-order valence-electron chi connectivity index (χ4n) is 2.69. The molecule has 1 heterocycles. The highest BCUT2D eigenvalue weighted by atomic mass is 19.1. The number of carbonyl (C=O) groups is 1. The molecule has 0 saturated carbocycles. The summed E-state index contributed by atoms with van der Waals surface area (Å²) < 4.78 is 14.9. The van der Waals surface area contributed by atoms with E-state index >= 15 is 0 Å². The lowest BCUT2D eigenvalue weighted by molar-refractivity contribution is -0.121. The number of amides is 1.